The van der Waals surface area contributed by atoms with Crippen LogP contribution in [0.1, 0.15) is 157 Å². The monoisotopic (exact) mass is 777 g/mol. The first kappa shape index (κ1) is 41.1. The summed E-state index contributed by atoms with van der Waals surface area (Å²) < 4.78 is 0. The summed E-state index contributed by atoms with van der Waals surface area (Å²) in [6, 6.07) is 35.4. The fourth-order valence-electron chi connectivity index (χ4n) is 12.1. The number of unbranched alkanes of at least 4 members (excludes halogenated alkanes) is 2. The van der Waals surface area contributed by atoms with Crippen molar-refractivity contribution in [2.45, 2.75) is 130 Å². The summed E-state index contributed by atoms with van der Waals surface area (Å²) in [6.45, 7) is 33.0. The Morgan fingerprint density at radius 2 is 1.20 bits per heavy atom. The Bertz CT molecular complexity index is 2430. The van der Waals surface area contributed by atoms with Crippen molar-refractivity contribution in [2.75, 3.05) is 0 Å². The summed E-state index contributed by atoms with van der Waals surface area (Å²) in [7, 11) is 0. The second-order valence-electron chi connectivity index (χ2n) is 20.5. The Balaban J connectivity index is 1.32. The molecule has 0 radical (unpaired) electrons. The van der Waals surface area contributed by atoms with E-state index in [1.807, 2.05) is 0 Å². The van der Waals surface area contributed by atoms with Crippen LogP contribution in [0.25, 0.3) is 5.57 Å². The maximum atomic E-state index is 4.40. The largest absolute Gasteiger partial charge is 0.0987 e. The molecular weight excluding hydrogens is 709 g/mol. The predicted molar refractivity (Wildman–Crippen MR) is 254 cm³/mol. The van der Waals surface area contributed by atoms with Crippen molar-refractivity contribution in [3.8, 4) is 0 Å². The van der Waals surface area contributed by atoms with Gasteiger partial charge in [0.15, 0.2) is 0 Å². The Morgan fingerprint density at radius 1 is 0.644 bits per heavy atom. The molecule has 3 unspecified atom stereocenters. The summed E-state index contributed by atoms with van der Waals surface area (Å²) >= 11 is 0. The summed E-state index contributed by atoms with van der Waals surface area (Å²) in [4.78, 5) is 0. The molecule has 0 N–H and O–H groups in total. The van der Waals surface area contributed by atoms with Gasteiger partial charge in [-0.2, -0.15) is 0 Å². The maximum absolute atomic E-state index is 4.40. The third-order valence-corrected chi connectivity index (χ3v) is 15.7. The lowest BCUT2D eigenvalue weighted by atomic mass is 9.51. The average molecular weight is 777 g/mol. The van der Waals surface area contributed by atoms with Crippen LogP contribution < -0.4 is 0 Å². The van der Waals surface area contributed by atoms with E-state index < -0.39 is 0 Å². The molecule has 59 heavy (non-hydrogen) atoms. The van der Waals surface area contributed by atoms with E-state index in [0.29, 0.717) is 11.8 Å². The number of hydrogen-bond donors (Lipinski definition) is 0. The molecule has 304 valence electrons. The van der Waals surface area contributed by atoms with Gasteiger partial charge >= 0.3 is 0 Å². The van der Waals surface area contributed by atoms with Gasteiger partial charge in [-0.25, -0.2) is 0 Å². The SMILES string of the molecule is C=CC1=C(C=C)C(C)(C)C2=CC3(CC(c4ccc(C(=CCCCC)c5ccccc5)cc4)CCc4cc5c(cc43)C(C)(C)c3ccccc3C5(C)C)C(C)C=C2C1(C)C. The molecule has 4 aromatic carbocycles. The Labute approximate surface area is 357 Å². The Hall–Kier alpha value is -4.68. The minimum atomic E-state index is -0.213. The molecular formula is C59H68. The minimum absolute atomic E-state index is 0.0872. The fraction of sp³-hybridized carbons (Fsp3) is 0.390. The van der Waals surface area contributed by atoms with E-state index in [1.165, 1.54) is 85.2 Å². The second kappa shape index (κ2) is 14.8. The molecule has 0 nitrogen and oxygen atoms in total. The highest BCUT2D eigenvalue weighted by Gasteiger charge is 2.52. The third kappa shape index (κ3) is 6.38. The lowest BCUT2D eigenvalue weighted by molar-refractivity contribution is 0.329. The molecule has 0 amide bonds. The van der Waals surface area contributed by atoms with Gasteiger partial charge in [-0.05, 0) is 115 Å². The van der Waals surface area contributed by atoms with Crippen molar-refractivity contribution >= 4 is 5.57 Å². The van der Waals surface area contributed by atoms with Crippen LogP contribution in [-0.4, -0.2) is 0 Å². The summed E-state index contributed by atoms with van der Waals surface area (Å²) in [5, 5.41) is 0. The second-order valence-corrected chi connectivity index (χ2v) is 20.5. The zero-order valence-electron chi connectivity index (χ0n) is 37.9. The molecule has 4 aliphatic rings. The molecule has 0 saturated heterocycles. The minimum Gasteiger partial charge on any atom is -0.0987 e. The van der Waals surface area contributed by atoms with Crippen LogP contribution in [0.2, 0.25) is 0 Å². The van der Waals surface area contributed by atoms with E-state index >= 15 is 0 Å². The first-order valence-corrected chi connectivity index (χ1v) is 22.6. The van der Waals surface area contributed by atoms with Gasteiger partial charge in [0.25, 0.3) is 0 Å². The van der Waals surface area contributed by atoms with E-state index in [4.69, 9.17) is 0 Å². The molecule has 3 atom stereocenters. The number of allylic oxidation sites excluding steroid dienone is 9. The number of fused-ring (bicyclic) bond motifs is 5. The highest BCUT2D eigenvalue weighted by molar-refractivity contribution is 5.80. The van der Waals surface area contributed by atoms with Gasteiger partial charge in [0.2, 0.25) is 0 Å². The summed E-state index contributed by atoms with van der Waals surface area (Å²) in [5.41, 5.74) is 19.2. The van der Waals surface area contributed by atoms with E-state index in [2.05, 4.69) is 204 Å². The lowest BCUT2D eigenvalue weighted by Crippen LogP contribution is -2.43. The highest BCUT2D eigenvalue weighted by atomic mass is 14.6. The van der Waals surface area contributed by atoms with E-state index in [-0.39, 0.29) is 27.1 Å². The molecule has 1 spiro atoms. The van der Waals surface area contributed by atoms with Crippen LogP contribution in [-0.2, 0) is 22.7 Å². The molecule has 4 aliphatic carbocycles. The van der Waals surface area contributed by atoms with Crippen LogP contribution in [0.15, 0.2) is 157 Å². The van der Waals surface area contributed by atoms with Gasteiger partial charge in [0.05, 0.1) is 0 Å². The fourth-order valence-corrected chi connectivity index (χ4v) is 12.1. The van der Waals surface area contributed by atoms with Gasteiger partial charge in [-0.3, -0.25) is 0 Å². The van der Waals surface area contributed by atoms with Crippen molar-refractivity contribution in [3.05, 3.63) is 207 Å². The van der Waals surface area contributed by atoms with Crippen LogP contribution in [0.4, 0.5) is 0 Å². The molecule has 4 aromatic rings. The van der Waals surface area contributed by atoms with Crippen LogP contribution in [0.3, 0.4) is 0 Å². The predicted octanol–water partition coefficient (Wildman–Crippen LogP) is 15.9. The van der Waals surface area contributed by atoms with Crippen molar-refractivity contribution in [2.24, 2.45) is 16.7 Å². The molecule has 8 rings (SSSR count). The van der Waals surface area contributed by atoms with E-state index in [0.717, 1.165) is 25.7 Å². The van der Waals surface area contributed by atoms with Gasteiger partial charge in [-0.1, -0.05) is 217 Å². The molecule has 0 aromatic heterocycles. The number of rotatable bonds is 8. The van der Waals surface area contributed by atoms with E-state index in [1.54, 1.807) is 5.56 Å². The first-order valence-electron chi connectivity index (χ1n) is 22.6. The zero-order valence-corrected chi connectivity index (χ0v) is 37.9. The van der Waals surface area contributed by atoms with Crippen molar-refractivity contribution in [3.63, 3.8) is 0 Å². The van der Waals surface area contributed by atoms with Crippen LogP contribution in [0.5, 0.6) is 0 Å². The first-order chi connectivity index (χ1) is 28.0. The molecule has 0 bridgehead atoms. The van der Waals surface area contributed by atoms with Crippen molar-refractivity contribution < 1.29 is 0 Å². The third-order valence-electron chi connectivity index (χ3n) is 15.7. The average Bonchev–Trinajstić information content (AvgIpc) is 3.38. The molecule has 0 saturated carbocycles. The number of aryl methyl sites for hydroxylation is 1. The van der Waals surface area contributed by atoms with Crippen molar-refractivity contribution in [1.82, 2.24) is 0 Å². The molecule has 0 fully saturated rings. The zero-order chi connectivity index (χ0) is 42.1. The smallest absolute Gasteiger partial charge is 0.0207 e. The quantitative estimate of drug-likeness (QED) is 0.156. The van der Waals surface area contributed by atoms with Gasteiger partial charge in [0.1, 0.15) is 0 Å². The topological polar surface area (TPSA) is 0 Å². The maximum Gasteiger partial charge on any atom is 0.0207 e. The Kier molecular flexibility index (Phi) is 10.3. The van der Waals surface area contributed by atoms with Crippen molar-refractivity contribution in [1.29, 1.82) is 0 Å². The lowest BCUT2D eigenvalue weighted by Gasteiger charge is -2.52. The van der Waals surface area contributed by atoms with Crippen LogP contribution >= 0.6 is 0 Å². The van der Waals surface area contributed by atoms with Gasteiger partial charge in [0, 0.05) is 27.1 Å². The normalized spacial score (nSPS) is 24.7. The molecule has 0 heterocycles. The summed E-state index contributed by atoms with van der Waals surface area (Å²) in [5.74, 6) is 0.700. The standard InChI is InChI=1S/C59H68/c1-13-16-18-25-45(41-23-19-17-20-24-41)42-30-28-40(29-31-42)44-33-32-43-35-52-53(58(11,12)49-27-22-21-26-48(49)57(52,9)10)36-50(43)59(37-44)38-54-51(34-39(59)4)55(5,6)46(14-2)47(15-3)56(54,7)8/h14-15,17,19-31,34-36,38-39,44H,2-3,13,16,18,32-33,37H2,1,4-12H3. The van der Waals surface area contributed by atoms with Crippen LogP contribution in [0, 0.1) is 16.7 Å². The molecule has 0 heteroatoms. The van der Waals surface area contributed by atoms with E-state index in [9.17, 15) is 0 Å². The number of hydrogen-bond acceptors (Lipinski definition) is 0. The Morgan fingerprint density at radius 3 is 1.80 bits per heavy atom. The highest BCUT2D eigenvalue weighted by Crippen LogP contribution is 2.62. The number of benzene rings is 4. The molecule has 0 aliphatic heterocycles. The summed E-state index contributed by atoms with van der Waals surface area (Å²) in [6.07, 6.45) is 18.9. The van der Waals surface area contributed by atoms with Gasteiger partial charge < -0.3 is 0 Å². The van der Waals surface area contributed by atoms with Gasteiger partial charge in [-0.15, -0.1) is 0 Å².